The molecule has 2 rings (SSSR count). The first-order chi connectivity index (χ1) is 6.72. The number of nitrogens with zero attached hydrogens (tertiary/aromatic N) is 1. The smallest absolute Gasteiger partial charge is 0.339 e. The Kier molecular flexibility index (Phi) is 1.85. The van der Waals surface area contributed by atoms with Crippen LogP contribution in [0.3, 0.4) is 0 Å². The number of fused-ring (bicyclic) bond motifs is 1. The molecule has 0 fully saturated rings. The van der Waals surface area contributed by atoms with Crippen molar-refractivity contribution in [1.82, 2.24) is 9.61 Å². The molecule has 0 amide bonds. The molecule has 0 radical (unpaired) electrons. The van der Waals surface area contributed by atoms with E-state index in [1.165, 1.54) is 36.2 Å². The lowest BCUT2D eigenvalue weighted by Crippen LogP contribution is -2.03. The maximum absolute atomic E-state index is 11.3. The van der Waals surface area contributed by atoms with E-state index in [4.69, 9.17) is 0 Å². The summed E-state index contributed by atoms with van der Waals surface area (Å²) in [6.07, 6.45) is 3.03. The van der Waals surface area contributed by atoms with Crippen molar-refractivity contribution in [1.29, 1.82) is 0 Å². The fourth-order valence-electron chi connectivity index (χ4n) is 1.27. The Morgan fingerprint density at radius 1 is 1.57 bits per heavy atom. The number of esters is 1. The summed E-state index contributed by atoms with van der Waals surface area (Å²) in [5, 5.41) is 2.80. The Morgan fingerprint density at radius 2 is 2.36 bits per heavy atom. The number of rotatable bonds is 1. The van der Waals surface area contributed by atoms with E-state index in [2.05, 4.69) is 9.84 Å². The molecule has 0 aliphatic heterocycles. The van der Waals surface area contributed by atoms with E-state index < -0.39 is 5.97 Å². The van der Waals surface area contributed by atoms with Crippen LogP contribution < -0.4 is 5.43 Å². The van der Waals surface area contributed by atoms with Crippen LogP contribution in [0.15, 0.2) is 29.3 Å². The maximum atomic E-state index is 11.3. The first kappa shape index (κ1) is 8.55. The van der Waals surface area contributed by atoms with E-state index in [1.807, 2.05) is 0 Å². The number of ether oxygens (including phenoxy) is 1. The van der Waals surface area contributed by atoms with Crippen molar-refractivity contribution >= 4 is 11.5 Å². The SMILES string of the molecule is COC(=O)c1cc2c(=O)cc[nH]n2c1. The fraction of sp³-hybridized carbons (Fsp3) is 0.111. The van der Waals surface area contributed by atoms with Gasteiger partial charge in [-0.15, -0.1) is 0 Å². The van der Waals surface area contributed by atoms with Crippen molar-refractivity contribution in [2.45, 2.75) is 0 Å². The Labute approximate surface area is 78.9 Å². The summed E-state index contributed by atoms with van der Waals surface area (Å²) < 4.78 is 6.02. The molecule has 2 heterocycles. The van der Waals surface area contributed by atoms with Gasteiger partial charge in [-0.25, -0.2) is 4.79 Å². The zero-order valence-electron chi connectivity index (χ0n) is 7.48. The highest BCUT2D eigenvalue weighted by molar-refractivity contribution is 5.90. The van der Waals surface area contributed by atoms with Gasteiger partial charge in [0.1, 0.15) is 5.52 Å². The summed E-state index contributed by atoms with van der Waals surface area (Å²) in [5.41, 5.74) is 0.638. The largest absolute Gasteiger partial charge is 0.465 e. The van der Waals surface area contributed by atoms with Gasteiger partial charge in [-0.3, -0.25) is 9.31 Å². The highest BCUT2D eigenvalue weighted by atomic mass is 16.5. The van der Waals surface area contributed by atoms with Crippen LogP contribution in [0.1, 0.15) is 10.4 Å². The third kappa shape index (κ3) is 1.19. The van der Waals surface area contributed by atoms with Crippen LogP contribution in [0.5, 0.6) is 0 Å². The van der Waals surface area contributed by atoms with E-state index >= 15 is 0 Å². The molecule has 72 valence electrons. The van der Waals surface area contributed by atoms with Crippen molar-refractivity contribution in [3.05, 3.63) is 40.3 Å². The number of hydrogen-bond acceptors (Lipinski definition) is 3. The van der Waals surface area contributed by atoms with Gasteiger partial charge in [-0.2, -0.15) is 0 Å². The van der Waals surface area contributed by atoms with E-state index in [1.54, 1.807) is 0 Å². The van der Waals surface area contributed by atoms with Crippen LogP contribution in [0.25, 0.3) is 5.52 Å². The highest BCUT2D eigenvalue weighted by Gasteiger charge is 2.09. The average molecular weight is 192 g/mol. The Morgan fingerprint density at radius 3 is 3.00 bits per heavy atom. The molecule has 2 aromatic rings. The zero-order chi connectivity index (χ0) is 10.1. The quantitative estimate of drug-likeness (QED) is 0.666. The summed E-state index contributed by atoms with van der Waals surface area (Å²) in [6.45, 7) is 0. The molecule has 0 aliphatic carbocycles. The molecule has 5 heteroatoms. The van der Waals surface area contributed by atoms with Crippen LogP contribution in [0, 0.1) is 0 Å². The molecule has 2 aromatic heterocycles. The van der Waals surface area contributed by atoms with Crippen LogP contribution >= 0.6 is 0 Å². The standard InChI is InChI=1S/C9H8N2O3/c1-14-9(13)6-4-7-8(12)2-3-10-11(7)5-6/h2-5,10H,1H3. The second-order valence-electron chi connectivity index (χ2n) is 2.80. The van der Waals surface area contributed by atoms with Crippen LogP contribution in [0.2, 0.25) is 0 Å². The van der Waals surface area contributed by atoms with Gasteiger partial charge in [0.2, 0.25) is 5.43 Å². The average Bonchev–Trinajstić information content (AvgIpc) is 2.62. The number of hydrogen-bond donors (Lipinski definition) is 1. The van der Waals surface area contributed by atoms with Crippen molar-refractivity contribution in [2.24, 2.45) is 0 Å². The van der Waals surface area contributed by atoms with E-state index in [0.717, 1.165) is 0 Å². The van der Waals surface area contributed by atoms with Crippen LogP contribution in [-0.2, 0) is 4.74 Å². The summed E-state index contributed by atoms with van der Waals surface area (Å²) >= 11 is 0. The number of aromatic nitrogens is 2. The van der Waals surface area contributed by atoms with Gasteiger partial charge in [-0.05, 0) is 6.07 Å². The van der Waals surface area contributed by atoms with Crippen molar-refractivity contribution in [3.63, 3.8) is 0 Å². The van der Waals surface area contributed by atoms with Gasteiger partial charge in [0.05, 0.1) is 12.7 Å². The second kappa shape index (κ2) is 3.02. The molecular weight excluding hydrogens is 184 g/mol. The topological polar surface area (TPSA) is 63.6 Å². The van der Waals surface area contributed by atoms with E-state index in [-0.39, 0.29) is 5.43 Å². The number of aromatic amines is 1. The van der Waals surface area contributed by atoms with Crippen molar-refractivity contribution in [2.75, 3.05) is 7.11 Å². The van der Waals surface area contributed by atoms with E-state index in [0.29, 0.717) is 11.1 Å². The van der Waals surface area contributed by atoms with Crippen LogP contribution in [0.4, 0.5) is 0 Å². The van der Waals surface area contributed by atoms with Crippen LogP contribution in [-0.4, -0.2) is 22.7 Å². The normalized spacial score (nSPS) is 10.4. The molecule has 0 saturated carbocycles. The number of H-pyrrole nitrogens is 1. The number of carbonyl (C=O) groups excluding carboxylic acids is 1. The maximum Gasteiger partial charge on any atom is 0.339 e. The molecular formula is C9H8N2O3. The molecule has 0 aliphatic rings. The molecule has 0 unspecified atom stereocenters. The molecule has 1 N–H and O–H groups in total. The second-order valence-corrected chi connectivity index (χ2v) is 2.80. The van der Waals surface area contributed by atoms with Gasteiger partial charge in [0.25, 0.3) is 0 Å². The monoisotopic (exact) mass is 192 g/mol. The Balaban J connectivity index is 2.68. The van der Waals surface area contributed by atoms with Gasteiger partial charge < -0.3 is 9.84 Å². The first-order valence-electron chi connectivity index (χ1n) is 4.00. The van der Waals surface area contributed by atoms with Gasteiger partial charge >= 0.3 is 5.97 Å². The number of nitrogens with one attached hydrogen (secondary N) is 1. The molecule has 0 saturated heterocycles. The lowest BCUT2D eigenvalue weighted by molar-refractivity contribution is 0.0601. The van der Waals surface area contributed by atoms with Gasteiger partial charge in [0, 0.05) is 18.5 Å². The lowest BCUT2D eigenvalue weighted by atomic mass is 10.3. The van der Waals surface area contributed by atoms with Crippen molar-refractivity contribution < 1.29 is 9.53 Å². The van der Waals surface area contributed by atoms with E-state index in [9.17, 15) is 9.59 Å². The zero-order valence-corrected chi connectivity index (χ0v) is 7.48. The van der Waals surface area contributed by atoms with Gasteiger partial charge in [-0.1, -0.05) is 0 Å². The summed E-state index contributed by atoms with van der Waals surface area (Å²) in [5.74, 6) is -0.457. The minimum Gasteiger partial charge on any atom is -0.465 e. The predicted octanol–water partition coefficient (Wildman–Crippen LogP) is 0.414. The molecule has 0 atom stereocenters. The molecule has 5 nitrogen and oxygen atoms in total. The summed E-state index contributed by atoms with van der Waals surface area (Å²) in [6, 6.07) is 2.89. The fourth-order valence-corrected chi connectivity index (χ4v) is 1.27. The lowest BCUT2D eigenvalue weighted by Gasteiger charge is -1.91. The highest BCUT2D eigenvalue weighted by Crippen LogP contribution is 2.05. The molecule has 0 aromatic carbocycles. The first-order valence-corrected chi connectivity index (χ1v) is 4.00. The Hall–Kier alpha value is -2.04. The minimum absolute atomic E-state index is 0.140. The molecule has 0 bridgehead atoms. The Bertz CT molecular complexity index is 538. The molecule has 0 spiro atoms. The third-order valence-electron chi connectivity index (χ3n) is 1.94. The predicted molar refractivity (Wildman–Crippen MR) is 49.4 cm³/mol. The third-order valence-corrected chi connectivity index (χ3v) is 1.94. The van der Waals surface area contributed by atoms with Crippen molar-refractivity contribution in [3.8, 4) is 0 Å². The minimum atomic E-state index is -0.457. The summed E-state index contributed by atoms with van der Waals surface area (Å²) in [4.78, 5) is 22.5. The molecule has 14 heavy (non-hydrogen) atoms. The number of methoxy groups -OCH3 is 1. The number of carbonyl (C=O) groups is 1. The summed E-state index contributed by atoms with van der Waals surface area (Å²) in [7, 11) is 1.30. The van der Waals surface area contributed by atoms with Gasteiger partial charge in [0.15, 0.2) is 0 Å².